The minimum Gasteiger partial charge on any atom is -0.485 e. The molecule has 260 valence electrons. The van der Waals surface area contributed by atoms with Crippen molar-refractivity contribution in [2.75, 3.05) is 5.73 Å². The van der Waals surface area contributed by atoms with Gasteiger partial charge in [-0.15, -0.1) is 15.6 Å². The number of thiazole rings is 1. The van der Waals surface area contributed by atoms with Crippen LogP contribution in [0, 0.1) is 6.92 Å². The SMILES string of the molecule is Cc1cc2c(cc1C(N)=NC1CC(N)C1)CC[C@H]([C@](C)(O/N=C(\C(=O)N[C@@H]1C(=O)N(OS(=O)(=O)O)C1(C)C)c1csc(N)n1)C(=O)O)O2. The lowest BCUT2D eigenvalue weighted by Crippen LogP contribution is -2.76. The largest absolute Gasteiger partial charge is 0.485 e. The van der Waals surface area contributed by atoms with Gasteiger partial charge in [-0.25, -0.2) is 9.78 Å². The predicted octanol–water partition coefficient (Wildman–Crippen LogP) is 0.0265. The number of ether oxygens (including phenoxy) is 1. The van der Waals surface area contributed by atoms with Crippen LogP contribution in [0.2, 0.25) is 0 Å². The molecule has 2 aromatic rings. The third-order valence-corrected chi connectivity index (χ3v) is 9.58. The smallest absolute Gasteiger partial charge is 0.418 e. The van der Waals surface area contributed by atoms with E-state index in [1.54, 1.807) is 6.07 Å². The van der Waals surface area contributed by atoms with Crippen molar-refractivity contribution in [3.8, 4) is 5.75 Å². The lowest BCUT2D eigenvalue weighted by molar-refractivity contribution is -0.218. The van der Waals surface area contributed by atoms with Gasteiger partial charge >= 0.3 is 16.4 Å². The molecule has 0 unspecified atom stereocenters. The number of aliphatic imine (C=N–C) groups is 1. The number of carbonyl (C=O) groups excluding carboxylic acids is 2. The molecule has 1 saturated carbocycles. The highest BCUT2D eigenvalue weighted by atomic mass is 32.3. The summed E-state index contributed by atoms with van der Waals surface area (Å²) >= 11 is 0.965. The number of oxime groups is 1. The Morgan fingerprint density at radius 3 is 2.54 bits per heavy atom. The molecule has 1 aliphatic carbocycles. The average molecular weight is 709 g/mol. The molecular weight excluding hydrogens is 672 g/mol. The highest BCUT2D eigenvalue weighted by molar-refractivity contribution is 7.80. The van der Waals surface area contributed by atoms with Crippen molar-refractivity contribution in [1.29, 1.82) is 0 Å². The third kappa shape index (κ3) is 6.79. The van der Waals surface area contributed by atoms with E-state index >= 15 is 0 Å². The molecule has 1 aromatic heterocycles. The summed E-state index contributed by atoms with van der Waals surface area (Å²) in [5.74, 6) is -2.63. The van der Waals surface area contributed by atoms with Gasteiger partial charge in [-0.1, -0.05) is 5.16 Å². The first-order valence-corrected chi connectivity index (χ1v) is 17.0. The van der Waals surface area contributed by atoms with Gasteiger partial charge in [0.15, 0.2) is 16.9 Å². The summed E-state index contributed by atoms with van der Waals surface area (Å²) < 4.78 is 41.8. The van der Waals surface area contributed by atoms with Crippen LogP contribution in [0.4, 0.5) is 5.13 Å². The summed E-state index contributed by atoms with van der Waals surface area (Å²) in [5, 5.41) is 18.4. The number of rotatable bonds is 11. The molecule has 20 heteroatoms. The van der Waals surface area contributed by atoms with Crippen molar-refractivity contribution in [1.82, 2.24) is 15.4 Å². The van der Waals surface area contributed by atoms with E-state index in [1.165, 1.54) is 26.2 Å². The quantitative estimate of drug-likeness (QED) is 0.0590. The van der Waals surface area contributed by atoms with E-state index in [-0.39, 0.29) is 29.3 Å². The maximum Gasteiger partial charge on any atom is 0.418 e. The Morgan fingerprint density at radius 2 is 1.98 bits per heavy atom. The first kappa shape index (κ1) is 35.0. The molecule has 1 aromatic carbocycles. The standard InChI is InChI=1S/C28H36N8O10S2/c1-12-7-18-13(8-16(12)22(30)32-15-9-14(29)10-15)5-6-19(44-18)28(4,25(39)40)45-35-20(17-11-47-26(31)33-17)23(37)34-21-24(38)36(27(21,2)3)46-48(41,42)43/h7-8,11,14-15,19,21H,5-6,9-10,29H2,1-4H3,(H2,30,32)(H2,31,33)(H,34,37)(H,39,40)(H,41,42,43)/b35-20-/t14?,15?,19-,21-,28+/m1/s1. The molecule has 2 aliphatic heterocycles. The minimum absolute atomic E-state index is 0.0585. The molecule has 3 aliphatic rings. The normalized spacial score (nSPS) is 25.1. The zero-order valence-corrected chi connectivity index (χ0v) is 28.0. The van der Waals surface area contributed by atoms with Gasteiger partial charge in [0.05, 0.1) is 11.6 Å². The molecule has 9 N–H and O–H groups in total. The molecule has 0 spiro atoms. The summed E-state index contributed by atoms with van der Waals surface area (Å²) in [6, 6.07) is 2.49. The number of nitrogens with two attached hydrogens (primary N) is 3. The number of aromatic nitrogens is 1. The van der Waals surface area contributed by atoms with Gasteiger partial charge in [0.1, 0.15) is 23.3 Å². The summed E-state index contributed by atoms with van der Waals surface area (Å²) in [4.78, 5) is 53.0. The molecular formula is C28H36N8O10S2. The van der Waals surface area contributed by atoms with Crippen molar-refractivity contribution in [2.24, 2.45) is 21.6 Å². The number of nitrogens with zero attached hydrogens (tertiary/aromatic N) is 4. The molecule has 1 saturated heterocycles. The monoisotopic (exact) mass is 708 g/mol. The zero-order chi connectivity index (χ0) is 35.3. The van der Waals surface area contributed by atoms with Crippen LogP contribution in [-0.4, -0.2) is 92.8 Å². The molecule has 48 heavy (non-hydrogen) atoms. The Hall–Kier alpha value is -4.37. The van der Waals surface area contributed by atoms with Crippen molar-refractivity contribution in [3.63, 3.8) is 0 Å². The van der Waals surface area contributed by atoms with Crippen molar-refractivity contribution < 1.29 is 46.3 Å². The number of fused-ring (bicyclic) bond motifs is 1. The van der Waals surface area contributed by atoms with Gasteiger partial charge in [-0.05, 0) is 76.6 Å². The van der Waals surface area contributed by atoms with E-state index in [1.807, 2.05) is 13.0 Å². The van der Waals surface area contributed by atoms with E-state index in [0.717, 1.165) is 40.9 Å². The first-order valence-electron chi connectivity index (χ1n) is 14.7. The second-order valence-electron chi connectivity index (χ2n) is 12.5. The number of carbonyl (C=O) groups is 3. The Morgan fingerprint density at radius 1 is 1.29 bits per heavy atom. The number of hydroxylamine groups is 2. The van der Waals surface area contributed by atoms with Gasteiger partial charge in [0, 0.05) is 17.0 Å². The predicted molar refractivity (Wildman–Crippen MR) is 171 cm³/mol. The maximum atomic E-state index is 13.5. The molecule has 2 amide bonds. The van der Waals surface area contributed by atoms with Gasteiger partial charge in [0.2, 0.25) is 0 Å². The zero-order valence-electron chi connectivity index (χ0n) is 26.4. The summed E-state index contributed by atoms with van der Waals surface area (Å²) in [6.45, 7) is 5.82. The highest BCUT2D eigenvalue weighted by Crippen LogP contribution is 2.36. The van der Waals surface area contributed by atoms with Gasteiger partial charge < -0.3 is 37.2 Å². The molecule has 0 radical (unpaired) electrons. The number of amidine groups is 1. The van der Waals surface area contributed by atoms with Crippen LogP contribution in [-0.2, 0) is 40.3 Å². The van der Waals surface area contributed by atoms with Crippen LogP contribution in [0.1, 0.15) is 62.4 Å². The van der Waals surface area contributed by atoms with E-state index in [2.05, 4.69) is 24.7 Å². The average Bonchev–Trinajstić information content (AvgIpc) is 3.41. The number of hydrogen-bond donors (Lipinski definition) is 6. The number of β-lactam (4-membered cyclic amide) rings is 1. The van der Waals surface area contributed by atoms with Gasteiger partial charge in [-0.2, -0.15) is 13.5 Å². The Labute approximate surface area is 279 Å². The lowest BCUT2D eigenvalue weighted by Gasteiger charge is -2.50. The van der Waals surface area contributed by atoms with E-state index in [4.69, 9.17) is 31.3 Å². The molecule has 2 fully saturated rings. The van der Waals surface area contributed by atoms with Crippen LogP contribution in [0.5, 0.6) is 5.75 Å². The fourth-order valence-electron chi connectivity index (χ4n) is 5.59. The van der Waals surface area contributed by atoms with Crippen LogP contribution in [0.3, 0.4) is 0 Å². The first-order chi connectivity index (χ1) is 22.3. The van der Waals surface area contributed by atoms with Crippen LogP contribution < -0.4 is 27.3 Å². The molecule has 0 bridgehead atoms. The molecule has 3 atom stereocenters. The van der Waals surface area contributed by atoms with E-state index in [0.29, 0.717) is 23.1 Å². The fourth-order valence-corrected chi connectivity index (χ4v) is 6.59. The number of carboxylic acid groups (broad SMARTS) is 1. The Kier molecular flexibility index (Phi) is 9.16. The fraction of sp³-hybridized carbons (Fsp3) is 0.500. The van der Waals surface area contributed by atoms with E-state index in [9.17, 15) is 27.9 Å². The Bertz CT molecular complexity index is 1820. The number of carboxylic acids is 1. The molecule has 3 heterocycles. The molecule has 5 rings (SSSR count). The minimum atomic E-state index is -5.03. The van der Waals surface area contributed by atoms with Gasteiger partial charge in [-0.3, -0.25) is 19.1 Å². The summed E-state index contributed by atoms with van der Waals surface area (Å²) in [5.41, 5.74) is 16.1. The third-order valence-electron chi connectivity index (χ3n) is 8.57. The van der Waals surface area contributed by atoms with Crippen molar-refractivity contribution in [3.05, 3.63) is 39.9 Å². The second-order valence-corrected chi connectivity index (χ2v) is 14.4. The van der Waals surface area contributed by atoms with E-state index < -0.39 is 57.2 Å². The van der Waals surface area contributed by atoms with Crippen LogP contribution in [0.15, 0.2) is 27.7 Å². The summed E-state index contributed by atoms with van der Waals surface area (Å²) in [6.07, 6.45) is 1.07. The van der Waals surface area contributed by atoms with Crippen molar-refractivity contribution in [2.45, 2.75) is 88.7 Å². The number of hydrogen-bond acceptors (Lipinski definition) is 14. The maximum absolute atomic E-state index is 13.5. The number of amides is 2. The topological polar surface area (TPSA) is 284 Å². The number of nitrogen functional groups attached to an aromatic ring is 1. The second kappa shape index (κ2) is 12.6. The van der Waals surface area contributed by atoms with Gasteiger partial charge in [0.25, 0.3) is 17.4 Å². The van der Waals surface area contributed by atoms with Crippen LogP contribution >= 0.6 is 11.3 Å². The number of anilines is 1. The highest BCUT2D eigenvalue weighted by Gasteiger charge is 2.58. The van der Waals surface area contributed by atoms with Crippen molar-refractivity contribution >= 4 is 56.2 Å². The van der Waals surface area contributed by atoms with Crippen LogP contribution in [0.25, 0.3) is 0 Å². The Balaban J connectivity index is 1.37. The molecule has 18 nitrogen and oxygen atoms in total. The number of nitrogens with one attached hydrogen (secondary N) is 1. The number of benzene rings is 1. The summed E-state index contributed by atoms with van der Waals surface area (Å²) in [7, 11) is -5.03. The lowest BCUT2D eigenvalue weighted by atomic mass is 9.84. The number of aliphatic carboxylic acids is 1. The number of aryl methyl sites for hydroxylation is 2.